The van der Waals surface area contributed by atoms with E-state index in [4.69, 9.17) is 4.74 Å². The normalized spacial score (nSPS) is 25.6. The second-order valence-electron chi connectivity index (χ2n) is 7.74. The van der Waals surface area contributed by atoms with Gasteiger partial charge >= 0.3 is 6.18 Å². The van der Waals surface area contributed by atoms with Gasteiger partial charge in [0.2, 0.25) is 5.95 Å². The van der Waals surface area contributed by atoms with Crippen LogP contribution in [0.1, 0.15) is 26.2 Å². The van der Waals surface area contributed by atoms with Gasteiger partial charge in [0.05, 0.1) is 25.8 Å². The predicted molar refractivity (Wildman–Crippen MR) is 95.7 cm³/mol. The molecule has 3 aliphatic rings. The Hall–Kier alpha value is -2.10. The summed E-state index contributed by atoms with van der Waals surface area (Å²) < 4.78 is 47.7. The quantitative estimate of drug-likeness (QED) is 0.765. The van der Waals surface area contributed by atoms with Gasteiger partial charge in [0.15, 0.2) is 5.78 Å². The highest BCUT2D eigenvalue weighted by atomic mass is 19.4. The van der Waals surface area contributed by atoms with Crippen LogP contribution in [0.15, 0.2) is 10.9 Å². The van der Waals surface area contributed by atoms with E-state index in [1.54, 1.807) is 0 Å². The second-order valence-corrected chi connectivity index (χ2v) is 7.74. The molecule has 2 aliphatic heterocycles. The average Bonchev–Trinajstić information content (AvgIpc) is 3.46. The van der Waals surface area contributed by atoms with Gasteiger partial charge in [-0.05, 0) is 26.2 Å². The number of morpholine rings is 1. The third-order valence-electron chi connectivity index (χ3n) is 5.63. The SMILES string of the molecule is C[C@@H]1COCCN1c1cc(=O)n2c(n1)N(CC(=O)C1CC1)C(C(F)(F)F)CC2. The van der Waals surface area contributed by atoms with E-state index < -0.39 is 17.8 Å². The van der Waals surface area contributed by atoms with E-state index in [9.17, 15) is 22.8 Å². The zero-order valence-corrected chi connectivity index (χ0v) is 15.6. The zero-order valence-electron chi connectivity index (χ0n) is 15.6. The summed E-state index contributed by atoms with van der Waals surface area (Å²) in [6, 6.07) is -0.508. The van der Waals surface area contributed by atoms with Crippen LogP contribution in [-0.2, 0) is 16.1 Å². The van der Waals surface area contributed by atoms with E-state index in [0.29, 0.717) is 25.6 Å². The Kier molecular flexibility index (Phi) is 4.84. The Morgan fingerprint density at radius 1 is 1.29 bits per heavy atom. The molecule has 28 heavy (non-hydrogen) atoms. The van der Waals surface area contributed by atoms with Gasteiger partial charge in [-0.1, -0.05) is 0 Å². The molecule has 0 spiro atoms. The Balaban J connectivity index is 1.74. The summed E-state index contributed by atoms with van der Waals surface area (Å²) in [4.78, 5) is 32.3. The lowest BCUT2D eigenvalue weighted by atomic mass is 10.1. The number of ether oxygens (including phenoxy) is 1. The fraction of sp³-hybridized carbons (Fsp3) is 0.722. The van der Waals surface area contributed by atoms with Gasteiger partial charge in [0.25, 0.3) is 5.56 Å². The minimum atomic E-state index is -4.50. The molecule has 0 amide bonds. The van der Waals surface area contributed by atoms with Crippen LogP contribution in [0.5, 0.6) is 0 Å². The Bertz CT molecular complexity index is 821. The molecule has 0 bridgehead atoms. The monoisotopic (exact) mass is 400 g/mol. The van der Waals surface area contributed by atoms with Gasteiger partial charge in [-0.15, -0.1) is 0 Å². The van der Waals surface area contributed by atoms with Gasteiger partial charge in [-0.3, -0.25) is 14.2 Å². The number of rotatable bonds is 4. The van der Waals surface area contributed by atoms with Gasteiger partial charge in [0.1, 0.15) is 11.9 Å². The van der Waals surface area contributed by atoms with Gasteiger partial charge in [0, 0.05) is 25.1 Å². The van der Waals surface area contributed by atoms with Crippen molar-refractivity contribution in [3.05, 3.63) is 16.4 Å². The van der Waals surface area contributed by atoms with Crippen LogP contribution in [0.25, 0.3) is 0 Å². The topological polar surface area (TPSA) is 67.7 Å². The third-order valence-corrected chi connectivity index (χ3v) is 5.63. The molecule has 154 valence electrons. The zero-order chi connectivity index (χ0) is 20.1. The molecule has 1 saturated carbocycles. The summed E-state index contributed by atoms with van der Waals surface area (Å²) in [7, 11) is 0. The number of nitrogens with zero attached hydrogens (tertiary/aromatic N) is 4. The first-order chi connectivity index (χ1) is 13.3. The van der Waals surface area contributed by atoms with Crippen molar-refractivity contribution in [2.75, 3.05) is 36.1 Å². The number of anilines is 2. The second kappa shape index (κ2) is 7.06. The molecule has 2 fully saturated rings. The number of fused-ring (bicyclic) bond motifs is 1. The first-order valence-electron chi connectivity index (χ1n) is 9.58. The van der Waals surface area contributed by atoms with Gasteiger partial charge in [-0.2, -0.15) is 18.2 Å². The Labute approximate surface area is 160 Å². The van der Waals surface area contributed by atoms with Crippen molar-refractivity contribution in [2.45, 2.75) is 51.0 Å². The number of hydrogen-bond donors (Lipinski definition) is 0. The predicted octanol–water partition coefficient (Wildman–Crippen LogP) is 1.59. The lowest BCUT2D eigenvalue weighted by Crippen LogP contribution is -2.54. The van der Waals surface area contributed by atoms with Crippen molar-refractivity contribution in [1.82, 2.24) is 9.55 Å². The van der Waals surface area contributed by atoms with Crippen molar-refractivity contribution in [1.29, 1.82) is 0 Å². The van der Waals surface area contributed by atoms with Crippen molar-refractivity contribution in [3.63, 3.8) is 0 Å². The molecule has 1 saturated heterocycles. The van der Waals surface area contributed by atoms with Crippen LogP contribution in [0.2, 0.25) is 0 Å². The van der Waals surface area contributed by atoms with E-state index in [1.165, 1.54) is 10.6 Å². The molecular formula is C18H23F3N4O3. The van der Waals surface area contributed by atoms with E-state index >= 15 is 0 Å². The summed E-state index contributed by atoms with van der Waals surface area (Å²) in [5, 5.41) is 0. The smallest absolute Gasteiger partial charge is 0.377 e. The molecule has 4 rings (SSSR count). The molecule has 3 heterocycles. The van der Waals surface area contributed by atoms with E-state index in [1.807, 2.05) is 11.8 Å². The number of ketones is 1. The lowest BCUT2D eigenvalue weighted by molar-refractivity contribution is -0.153. The largest absolute Gasteiger partial charge is 0.408 e. The molecular weight excluding hydrogens is 377 g/mol. The summed E-state index contributed by atoms with van der Waals surface area (Å²) in [6.45, 7) is 2.88. The first kappa shape index (κ1) is 19.2. The minimum absolute atomic E-state index is 0.0488. The molecule has 1 unspecified atom stereocenters. The molecule has 1 aliphatic carbocycles. The van der Waals surface area contributed by atoms with E-state index in [-0.39, 0.29) is 43.2 Å². The van der Waals surface area contributed by atoms with Crippen molar-refractivity contribution >= 4 is 17.5 Å². The van der Waals surface area contributed by atoms with E-state index in [0.717, 1.165) is 17.7 Å². The van der Waals surface area contributed by atoms with E-state index in [2.05, 4.69) is 4.98 Å². The third kappa shape index (κ3) is 3.61. The minimum Gasteiger partial charge on any atom is -0.377 e. The number of aromatic nitrogens is 2. The molecule has 0 aromatic carbocycles. The van der Waals surface area contributed by atoms with Crippen molar-refractivity contribution in [3.8, 4) is 0 Å². The number of carbonyl (C=O) groups is 1. The highest BCUT2D eigenvalue weighted by molar-refractivity contribution is 5.87. The number of Topliss-reactive ketones (excluding diaryl/α,β-unsaturated/α-hetero) is 1. The van der Waals surface area contributed by atoms with Crippen molar-refractivity contribution < 1.29 is 22.7 Å². The number of carbonyl (C=O) groups excluding carboxylic acids is 1. The highest BCUT2D eigenvalue weighted by Crippen LogP contribution is 2.36. The fourth-order valence-electron chi connectivity index (χ4n) is 3.90. The summed E-state index contributed by atoms with van der Waals surface area (Å²) in [5.74, 6) is -0.122. The summed E-state index contributed by atoms with van der Waals surface area (Å²) in [5.41, 5.74) is -0.400. The van der Waals surface area contributed by atoms with Crippen LogP contribution in [-0.4, -0.2) is 59.9 Å². The maximum absolute atomic E-state index is 13.7. The number of halogens is 3. The molecule has 0 radical (unpaired) electrons. The lowest BCUT2D eigenvalue weighted by Gasteiger charge is -2.40. The standard InChI is InChI=1S/C18H23F3N4O3/c1-11-10-28-7-6-23(11)15-8-16(27)24-5-4-14(18(19,20)21)25(17(24)22-15)9-13(26)12-2-3-12/h8,11-12,14H,2-7,9-10H2,1H3/t11-,14?/m1/s1. The fourth-order valence-corrected chi connectivity index (χ4v) is 3.90. The average molecular weight is 400 g/mol. The van der Waals surface area contributed by atoms with Gasteiger partial charge < -0.3 is 14.5 Å². The summed E-state index contributed by atoms with van der Waals surface area (Å²) in [6.07, 6.45) is -3.34. The maximum Gasteiger partial charge on any atom is 0.408 e. The van der Waals surface area contributed by atoms with Crippen LogP contribution < -0.4 is 15.4 Å². The van der Waals surface area contributed by atoms with Crippen LogP contribution >= 0.6 is 0 Å². The maximum atomic E-state index is 13.7. The molecule has 0 N–H and O–H groups in total. The Morgan fingerprint density at radius 3 is 2.68 bits per heavy atom. The van der Waals surface area contributed by atoms with Crippen LogP contribution in [0.3, 0.4) is 0 Å². The highest BCUT2D eigenvalue weighted by Gasteiger charge is 2.48. The number of alkyl halides is 3. The molecule has 7 nitrogen and oxygen atoms in total. The number of hydrogen-bond acceptors (Lipinski definition) is 6. The van der Waals surface area contributed by atoms with Crippen molar-refractivity contribution in [2.24, 2.45) is 5.92 Å². The van der Waals surface area contributed by atoms with Gasteiger partial charge in [-0.25, -0.2) is 0 Å². The first-order valence-corrected chi connectivity index (χ1v) is 9.58. The summed E-state index contributed by atoms with van der Waals surface area (Å²) >= 11 is 0. The molecule has 10 heteroatoms. The van der Waals surface area contributed by atoms with Crippen LogP contribution in [0, 0.1) is 5.92 Å². The van der Waals surface area contributed by atoms with Crippen LogP contribution in [0.4, 0.5) is 24.9 Å². The molecule has 1 aromatic rings. The Morgan fingerprint density at radius 2 is 2.04 bits per heavy atom. The molecule has 2 atom stereocenters. The molecule has 1 aromatic heterocycles.